The van der Waals surface area contributed by atoms with Crippen LogP contribution in [-0.4, -0.2) is 56.9 Å². The zero-order valence-corrected chi connectivity index (χ0v) is 22.2. The van der Waals surface area contributed by atoms with Gasteiger partial charge in [0.15, 0.2) is 0 Å². The fourth-order valence-electron chi connectivity index (χ4n) is 4.78. The Labute approximate surface area is 221 Å². The van der Waals surface area contributed by atoms with Crippen LogP contribution in [0.4, 0.5) is 8.78 Å². The van der Waals surface area contributed by atoms with E-state index in [0.717, 1.165) is 42.9 Å². The molecule has 4 rings (SSSR count). The number of aromatic nitrogens is 3. The van der Waals surface area contributed by atoms with Gasteiger partial charge in [0.05, 0.1) is 17.8 Å². The first kappa shape index (κ1) is 27.5. The number of amides is 2. The van der Waals surface area contributed by atoms with Crippen molar-refractivity contribution < 1.29 is 22.8 Å². The third kappa shape index (κ3) is 6.12. The summed E-state index contributed by atoms with van der Waals surface area (Å²) in [5, 5.41) is 6.91. The molecule has 1 aliphatic rings. The number of hydrogen-bond donors (Lipinski definition) is 0. The number of pyridine rings is 1. The molecule has 1 fully saturated rings. The molecule has 0 N–H and O–H groups in total. The van der Waals surface area contributed by atoms with Crippen LogP contribution in [0, 0.1) is 0 Å². The van der Waals surface area contributed by atoms with Crippen molar-refractivity contribution in [3.05, 3.63) is 64.8 Å². The van der Waals surface area contributed by atoms with E-state index in [1.54, 1.807) is 12.1 Å². The van der Waals surface area contributed by atoms with Crippen molar-refractivity contribution in [1.29, 1.82) is 0 Å². The molecule has 0 saturated carbocycles. The summed E-state index contributed by atoms with van der Waals surface area (Å²) in [5.41, 5.74) is 3.11. The minimum Gasteiger partial charge on any atom is -0.415 e. The maximum atomic E-state index is 13.5. The lowest BCUT2D eigenvalue weighted by Gasteiger charge is -2.32. The van der Waals surface area contributed by atoms with Gasteiger partial charge in [-0.05, 0) is 73.1 Å². The molecule has 0 atom stereocenters. The smallest absolute Gasteiger partial charge is 0.314 e. The van der Waals surface area contributed by atoms with Gasteiger partial charge in [-0.1, -0.05) is 39.8 Å². The lowest BCUT2D eigenvalue weighted by Crippen LogP contribution is -2.33. The van der Waals surface area contributed by atoms with Crippen LogP contribution in [0.15, 0.2) is 40.9 Å². The normalized spacial score (nSPS) is 15.1. The fourth-order valence-corrected chi connectivity index (χ4v) is 4.78. The summed E-state index contributed by atoms with van der Waals surface area (Å²) in [6, 6.07) is 9.14. The number of alkyl halides is 2. The van der Waals surface area contributed by atoms with Crippen molar-refractivity contribution in [3.8, 4) is 11.5 Å². The van der Waals surface area contributed by atoms with Crippen molar-refractivity contribution >= 4 is 12.3 Å². The first-order valence-electron chi connectivity index (χ1n) is 12.8. The Kier molecular flexibility index (Phi) is 8.30. The standard InChI is InChI=1S/C28H33F2N5O3/c1-5-34-12-10-18(11-13-34)19-7-9-22(23(14-19)28(2,3)4)27(37)35(17-36)16-21-8-6-20(15-31-21)25-32-33-26(38-25)24(29)30/h6-9,14-15,17-18,24H,5,10-13,16H2,1-4H3. The Hall–Kier alpha value is -3.53. The molecule has 3 aromatic rings. The molecule has 38 heavy (non-hydrogen) atoms. The van der Waals surface area contributed by atoms with Gasteiger partial charge in [0.25, 0.3) is 11.8 Å². The van der Waals surface area contributed by atoms with Gasteiger partial charge in [-0.3, -0.25) is 19.5 Å². The van der Waals surface area contributed by atoms with Gasteiger partial charge in [-0.25, -0.2) is 0 Å². The molecule has 1 saturated heterocycles. The lowest BCUT2D eigenvalue weighted by atomic mass is 9.79. The van der Waals surface area contributed by atoms with E-state index in [-0.39, 0.29) is 17.9 Å². The maximum Gasteiger partial charge on any atom is 0.314 e. The van der Waals surface area contributed by atoms with Crippen LogP contribution in [-0.2, 0) is 16.8 Å². The predicted molar refractivity (Wildman–Crippen MR) is 138 cm³/mol. The molecule has 202 valence electrons. The molecule has 3 heterocycles. The summed E-state index contributed by atoms with van der Waals surface area (Å²) in [6.07, 6.45) is 1.19. The lowest BCUT2D eigenvalue weighted by molar-refractivity contribution is -0.116. The SMILES string of the molecule is CCN1CCC(c2ccc(C(=O)N(C=O)Cc3ccc(-c4nnc(C(F)F)o4)cn3)c(C(C)(C)C)c2)CC1. The number of halogens is 2. The van der Waals surface area contributed by atoms with E-state index in [4.69, 9.17) is 4.42 Å². The summed E-state index contributed by atoms with van der Waals surface area (Å²) in [7, 11) is 0. The number of piperidine rings is 1. The number of carbonyl (C=O) groups is 2. The maximum absolute atomic E-state index is 13.5. The van der Waals surface area contributed by atoms with Gasteiger partial charge in [0.1, 0.15) is 0 Å². The van der Waals surface area contributed by atoms with Gasteiger partial charge in [-0.2, -0.15) is 8.78 Å². The number of hydrogen-bond acceptors (Lipinski definition) is 7. The topological polar surface area (TPSA) is 92.4 Å². The average molecular weight is 526 g/mol. The summed E-state index contributed by atoms with van der Waals surface area (Å²) < 4.78 is 30.4. The fraction of sp³-hybridized carbons (Fsp3) is 0.464. The second kappa shape index (κ2) is 11.5. The Morgan fingerprint density at radius 3 is 2.47 bits per heavy atom. The third-order valence-corrected chi connectivity index (χ3v) is 7.01. The molecule has 0 radical (unpaired) electrons. The van der Waals surface area contributed by atoms with Crippen LogP contribution in [0.25, 0.3) is 11.5 Å². The molecule has 0 aliphatic carbocycles. The number of nitrogens with zero attached hydrogens (tertiary/aromatic N) is 5. The van der Waals surface area contributed by atoms with Crippen molar-refractivity contribution in [3.63, 3.8) is 0 Å². The van der Waals surface area contributed by atoms with E-state index in [1.165, 1.54) is 11.8 Å². The highest BCUT2D eigenvalue weighted by atomic mass is 19.3. The molecule has 10 heteroatoms. The Balaban J connectivity index is 1.53. The molecule has 1 aliphatic heterocycles. The minimum atomic E-state index is -2.86. The van der Waals surface area contributed by atoms with Gasteiger partial charge in [-0.15, -0.1) is 10.2 Å². The number of likely N-dealkylation sites (tertiary alicyclic amines) is 1. The molecule has 8 nitrogen and oxygen atoms in total. The van der Waals surface area contributed by atoms with Crippen molar-refractivity contribution in [1.82, 2.24) is 25.0 Å². The quantitative estimate of drug-likeness (QED) is 0.365. The second-order valence-corrected chi connectivity index (χ2v) is 10.6. The van der Waals surface area contributed by atoms with Crippen molar-refractivity contribution in [2.45, 2.75) is 64.8 Å². The third-order valence-electron chi connectivity index (χ3n) is 7.01. The first-order valence-corrected chi connectivity index (χ1v) is 12.8. The summed E-state index contributed by atoms with van der Waals surface area (Å²) in [6.45, 7) is 11.5. The number of benzene rings is 1. The highest BCUT2D eigenvalue weighted by Crippen LogP contribution is 2.34. The van der Waals surface area contributed by atoms with Gasteiger partial charge >= 0.3 is 6.43 Å². The van der Waals surface area contributed by atoms with Crippen molar-refractivity contribution in [2.24, 2.45) is 0 Å². The van der Waals surface area contributed by atoms with E-state index < -0.39 is 18.2 Å². The molecule has 0 unspecified atom stereocenters. The summed E-state index contributed by atoms with van der Waals surface area (Å²) in [5.74, 6) is -0.808. The molecular weight excluding hydrogens is 492 g/mol. The highest BCUT2D eigenvalue weighted by molar-refractivity contribution is 6.01. The molecule has 2 amide bonds. The zero-order valence-electron chi connectivity index (χ0n) is 22.2. The van der Waals surface area contributed by atoms with Crippen LogP contribution in [0.5, 0.6) is 0 Å². The number of carbonyl (C=O) groups excluding carboxylic acids is 2. The van der Waals surface area contributed by atoms with Gasteiger partial charge in [0.2, 0.25) is 12.3 Å². The Morgan fingerprint density at radius 1 is 1.18 bits per heavy atom. The molecular formula is C28H33F2N5O3. The second-order valence-electron chi connectivity index (χ2n) is 10.6. The van der Waals surface area contributed by atoms with Crippen LogP contribution in [0.1, 0.15) is 85.9 Å². The Bertz CT molecular complexity index is 1260. The van der Waals surface area contributed by atoms with E-state index >= 15 is 0 Å². The molecule has 0 bridgehead atoms. The zero-order chi connectivity index (χ0) is 27.4. The van der Waals surface area contributed by atoms with Crippen LogP contribution >= 0.6 is 0 Å². The molecule has 0 spiro atoms. The minimum absolute atomic E-state index is 0.0461. The largest absolute Gasteiger partial charge is 0.415 e. The predicted octanol–water partition coefficient (Wildman–Crippen LogP) is 5.36. The van der Waals surface area contributed by atoms with E-state index in [1.807, 2.05) is 12.1 Å². The monoisotopic (exact) mass is 525 g/mol. The van der Waals surface area contributed by atoms with E-state index in [2.05, 4.69) is 53.8 Å². The van der Waals surface area contributed by atoms with Crippen LogP contribution in [0.3, 0.4) is 0 Å². The van der Waals surface area contributed by atoms with E-state index in [9.17, 15) is 18.4 Å². The first-order chi connectivity index (χ1) is 18.1. The van der Waals surface area contributed by atoms with Crippen molar-refractivity contribution in [2.75, 3.05) is 19.6 Å². The van der Waals surface area contributed by atoms with Gasteiger partial charge < -0.3 is 9.32 Å². The van der Waals surface area contributed by atoms with Gasteiger partial charge in [0, 0.05) is 11.8 Å². The summed E-state index contributed by atoms with van der Waals surface area (Å²) >= 11 is 0. The molecule has 1 aromatic carbocycles. The highest BCUT2D eigenvalue weighted by Gasteiger charge is 2.28. The molecule has 2 aromatic heterocycles. The number of rotatable bonds is 8. The Morgan fingerprint density at radius 2 is 1.92 bits per heavy atom. The number of imide groups is 1. The van der Waals surface area contributed by atoms with E-state index in [0.29, 0.717) is 29.1 Å². The van der Waals surface area contributed by atoms with Crippen LogP contribution < -0.4 is 0 Å². The average Bonchev–Trinajstić information content (AvgIpc) is 3.42. The summed E-state index contributed by atoms with van der Waals surface area (Å²) in [4.78, 5) is 33.3. The van der Waals surface area contributed by atoms with Crippen LogP contribution in [0.2, 0.25) is 0 Å².